The lowest BCUT2D eigenvalue weighted by Crippen LogP contribution is -2.31. The highest BCUT2D eigenvalue weighted by molar-refractivity contribution is 6.32. The number of rotatable bonds is 8. The molecule has 1 unspecified atom stereocenters. The van der Waals surface area contributed by atoms with Crippen molar-refractivity contribution in [3.8, 4) is 0 Å². The number of anilines is 3. The number of hydrogen-bond donors (Lipinski definition) is 2. The minimum Gasteiger partial charge on any atom is -0.382 e. The summed E-state index contributed by atoms with van der Waals surface area (Å²) in [6.45, 7) is 4.82. The molecule has 28 heavy (non-hydrogen) atoms. The maximum atomic E-state index is 6.33. The van der Waals surface area contributed by atoms with E-state index in [0.717, 1.165) is 22.8 Å². The van der Waals surface area contributed by atoms with Gasteiger partial charge in [-0.2, -0.15) is 15.1 Å². The quantitative estimate of drug-likeness (QED) is 0.591. The fourth-order valence-electron chi connectivity index (χ4n) is 3.45. The average molecular weight is 404 g/mol. The third kappa shape index (κ3) is 3.66. The zero-order valence-corrected chi connectivity index (χ0v) is 17.4. The van der Waals surface area contributed by atoms with Crippen LogP contribution >= 0.6 is 11.6 Å². The summed E-state index contributed by atoms with van der Waals surface area (Å²) in [6, 6.07) is 2.52. The Morgan fingerprint density at radius 1 is 1.39 bits per heavy atom. The van der Waals surface area contributed by atoms with Crippen molar-refractivity contribution in [3.63, 3.8) is 0 Å². The topological polar surface area (TPSA) is 83.9 Å². The number of aromatic nitrogens is 5. The summed E-state index contributed by atoms with van der Waals surface area (Å²) in [4.78, 5) is 14.8. The third-order valence-electron chi connectivity index (χ3n) is 5.44. The Balaban J connectivity index is 1.64. The SMILES string of the molecule is COCC(C)n1cc(Nc2nc(N(C)[C@@H](C)C3CC3)c3cc[nH]c3n2)c(Cl)n1. The summed E-state index contributed by atoms with van der Waals surface area (Å²) < 4.78 is 6.98. The first kappa shape index (κ1) is 19.0. The molecule has 0 bridgehead atoms. The number of hydrogen-bond acceptors (Lipinski definition) is 6. The molecule has 1 aliphatic carbocycles. The van der Waals surface area contributed by atoms with Crippen molar-refractivity contribution in [1.29, 1.82) is 0 Å². The molecule has 150 valence electrons. The lowest BCUT2D eigenvalue weighted by Gasteiger charge is -2.26. The summed E-state index contributed by atoms with van der Waals surface area (Å²) in [6.07, 6.45) is 6.31. The second kappa shape index (κ2) is 7.60. The highest BCUT2D eigenvalue weighted by Gasteiger charge is 2.32. The third-order valence-corrected chi connectivity index (χ3v) is 5.72. The van der Waals surface area contributed by atoms with Crippen LogP contribution in [0.15, 0.2) is 18.5 Å². The summed E-state index contributed by atoms with van der Waals surface area (Å²) in [5.74, 6) is 2.13. The van der Waals surface area contributed by atoms with Crippen molar-refractivity contribution in [2.24, 2.45) is 5.92 Å². The molecule has 3 aromatic rings. The van der Waals surface area contributed by atoms with Gasteiger partial charge in [-0.3, -0.25) is 4.68 Å². The Morgan fingerprint density at radius 2 is 2.18 bits per heavy atom. The predicted molar refractivity (Wildman–Crippen MR) is 112 cm³/mol. The van der Waals surface area contributed by atoms with Crippen molar-refractivity contribution in [1.82, 2.24) is 24.7 Å². The van der Waals surface area contributed by atoms with Crippen LogP contribution in [0.25, 0.3) is 11.0 Å². The van der Waals surface area contributed by atoms with Crippen molar-refractivity contribution in [2.75, 3.05) is 31.0 Å². The van der Waals surface area contributed by atoms with Gasteiger partial charge in [0.1, 0.15) is 11.5 Å². The number of aromatic amines is 1. The predicted octanol–water partition coefficient (Wildman–Crippen LogP) is 3.99. The highest BCUT2D eigenvalue weighted by Crippen LogP contribution is 2.37. The molecule has 1 saturated carbocycles. The van der Waals surface area contributed by atoms with Crippen LogP contribution in [0.3, 0.4) is 0 Å². The van der Waals surface area contributed by atoms with Gasteiger partial charge in [0.2, 0.25) is 5.95 Å². The van der Waals surface area contributed by atoms with Gasteiger partial charge in [0, 0.05) is 26.4 Å². The zero-order valence-electron chi connectivity index (χ0n) is 16.6. The van der Waals surface area contributed by atoms with E-state index in [-0.39, 0.29) is 6.04 Å². The van der Waals surface area contributed by atoms with Crippen molar-refractivity contribution in [2.45, 2.75) is 38.8 Å². The number of fused-ring (bicyclic) bond motifs is 1. The minimum absolute atomic E-state index is 0.0749. The maximum Gasteiger partial charge on any atom is 0.231 e. The Labute approximate surface area is 169 Å². The number of halogens is 1. The van der Waals surface area contributed by atoms with Gasteiger partial charge in [-0.25, -0.2) is 0 Å². The standard InChI is InChI=1S/C19H26ClN7O/c1-11(10-28-4)27-9-15(16(20)25-27)22-19-23-17-14(7-8-21-17)18(24-19)26(3)12(2)13-5-6-13/h7-9,11-13H,5-6,10H2,1-4H3,(H2,21,22,23,24)/t11?,12-/m0/s1. The van der Waals surface area contributed by atoms with E-state index in [4.69, 9.17) is 21.3 Å². The summed E-state index contributed by atoms with van der Waals surface area (Å²) >= 11 is 6.33. The summed E-state index contributed by atoms with van der Waals surface area (Å²) in [5.41, 5.74) is 1.46. The van der Waals surface area contributed by atoms with Gasteiger partial charge in [0.15, 0.2) is 5.15 Å². The van der Waals surface area contributed by atoms with E-state index in [9.17, 15) is 0 Å². The van der Waals surface area contributed by atoms with Crippen LogP contribution in [-0.2, 0) is 4.74 Å². The molecule has 0 spiro atoms. The molecule has 0 saturated heterocycles. The minimum atomic E-state index is 0.0749. The Hall–Kier alpha value is -2.32. The van der Waals surface area contributed by atoms with Crippen molar-refractivity contribution < 1.29 is 4.74 Å². The fraction of sp³-hybridized carbons (Fsp3) is 0.526. The Bertz CT molecular complexity index is 965. The van der Waals surface area contributed by atoms with Crippen LogP contribution in [0.4, 0.5) is 17.5 Å². The molecule has 1 aliphatic rings. The fourth-order valence-corrected chi connectivity index (χ4v) is 3.64. The van der Waals surface area contributed by atoms with Gasteiger partial charge in [-0.15, -0.1) is 0 Å². The van der Waals surface area contributed by atoms with E-state index in [0.29, 0.717) is 29.4 Å². The number of nitrogens with one attached hydrogen (secondary N) is 2. The maximum absolute atomic E-state index is 6.33. The van der Waals surface area contributed by atoms with Gasteiger partial charge in [0.25, 0.3) is 0 Å². The largest absolute Gasteiger partial charge is 0.382 e. The molecule has 0 aromatic carbocycles. The molecule has 0 radical (unpaired) electrons. The van der Waals surface area contributed by atoms with Crippen LogP contribution in [0.2, 0.25) is 5.15 Å². The highest BCUT2D eigenvalue weighted by atomic mass is 35.5. The molecular formula is C19H26ClN7O. The first-order valence-electron chi connectivity index (χ1n) is 9.56. The number of ether oxygens (including phenoxy) is 1. The second-order valence-electron chi connectivity index (χ2n) is 7.54. The molecule has 0 aliphatic heterocycles. The van der Waals surface area contributed by atoms with E-state index < -0.39 is 0 Å². The van der Waals surface area contributed by atoms with Crippen molar-refractivity contribution in [3.05, 3.63) is 23.6 Å². The molecule has 1 fully saturated rings. The van der Waals surface area contributed by atoms with Crippen molar-refractivity contribution >= 4 is 40.1 Å². The summed E-state index contributed by atoms with van der Waals surface area (Å²) in [5, 5.41) is 8.97. The van der Waals surface area contributed by atoms with E-state index in [1.54, 1.807) is 11.8 Å². The first-order valence-corrected chi connectivity index (χ1v) is 9.94. The number of nitrogens with zero attached hydrogens (tertiary/aromatic N) is 5. The molecule has 0 amide bonds. The van der Waals surface area contributed by atoms with Gasteiger partial charge in [-0.1, -0.05) is 11.6 Å². The Kier molecular flexibility index (Phi) is 5.16. The van der Waals surface area contributed by atoms with Gasteiger partial charge >= 0.3 is 0 Å². The number of H-pyrrole nitrogens is 1. The van der Waals surface area contributed by atoms with E-state index in [2.05, 4.69) is 39.3 Å². The molecular weight excluding hydrogens is 378 g/mol. The van der Waals surface area contributed by atoms with Crippen LogP contribution in [-0.4, -0.2) is 51.5 Å². The van der Waals surface area contributed by atoms with Crippen LogP contribution in [0, 0.1) is 5.92 Å². The lowest BCUT2D eigenvalue weighted by atomic mass is 10.2. The Morgan fingerprint density at radius 3 is 2.89 bits per heavy atom. The molecule has 2 atom stereocenters. The first-order chi connectivity index (χ1) is 13.5. The molecule has 3 aromatic heterocycles. The smallest absolute Gasteiger partial charge is 0.231 e. The molecule has 2 N–H and O–H groups in total. The van der Waals surface area contributed by atoms with E-state index >= 15 is 0 Å². The van der Waals surface area contributed by atoms with Crippen LogP contribution in [0.1, 0.15) is 32.7 Å². The van der Waals surface area contributed by atoms with Gasteiger partial charge in [0.05, 0.1) is 29.9 Å². The van der Waals surface area contributed by atoms with Gasteiger partial charge < -0.3 is 19.9 Å². The average Bonchev–Trinajstić information content (AvgIpc) is 3.31. The zero-order chi connectivity index (χ0) is 19.8. The summed E-state index contributed by atoms with van der Waals surface area (Å²) in [7, 11) is 3.76. The molecule has 4 rings (SSSR count). The van der Waals surface area contributed by atoms with Crippen LogP contribution in [0.5, 0.6) is 0 Å². The molecule has 3 heterocycles. The lowest BCUT2D eigenvalue weighted by molar-refractivity contribution is 0.157. The molecule has 9 heteroatoms. The van der Waals surface area contributed by atoms with Gasteiger partial charge in [-0.05, 0) is 38.7 Å². The second-order valence-corrected chi connectivity index (χ2v) is 7.90. The van der Waals surface area contributed by atoms with Crippen LogP contribution < -0.4 is 10.2 Å². The monoisotopic (exact) mass is 403 g/mol. The van der Waals surface area contributed by atoms with E-state index in [1.165, 1.54) is 12.8 Å². The molecule has 8 nitrogen and oxygen atoms in total. The van der Waals surface area contributed by atoms with E-state index in [1.807, 2.05) is 25.4 Å². The normalized spacial score (nSPS) is 16.3. The number of methoxy groups -OCH3 is 1.